The minimum absolute atomic E-state index is 0.154. The fourth-order valence-corrected chi connectivity index (χ4v) is 3.18. The number of hydrogen-bond acceptors (Lipinski definition) is 2. The number of ether oxygens (including phenoxy) is 1. The second kappa shape index (κ2) is 5.08. The van der Waals surface area contributed by atoms with Crippen molar-refractivity contribution in [2.24, 2.45) is 0 Å². The first-order valence-corrected chi connectivity index (χ1v) is 7.01. The lowest BCUT2D eigenvalue weighted by Gasteiger charge is -2.33. The quantitative estimate of drug-likeness (QED) is 0.812. The summed E-state index contributed by atoms with van der Waals surface area (Å²) in [5.41, 5.74) is 2.65. The number of hydrogen-bond donors (Lipinski definition) is 0. The molecule has 1 aromatic carbocycles. The fraction of sp³-hybridized carbons (Fsp3) is 0.438. The Morgan fingerprint density at radius 1 is 1.32 bits per heavy atom. The van der Waals surface area contributed by atoms with E-state index in [0.29, 0.717) is 12.6 Å². The zero-order chi connectivity index (χ0) is 13.2. The second-order valence-electron chi connectivity index (χ2n) is 5.17. The molecule has 2 unspecified atom stereocenters. The van der Waals surface area contributed by atoms with Crippen LogP contribution in [0.5, 0.6) is 0 Å². The van der Waals surface area contributed by atoms with Crippen LogP contribution in [-0.2, 0) is 4.74 Å². The normalized spacial score (nSPS) is 25.1. The minimum Gasteiger partial charge on any atom is -0.450 e. The predicted octanol–water partition coefficient (Wildman–Crippen LogP) is 3.46. The third kappa shape index (κ3) is 2.25. The minimum atomic E-state index is -0.154. The van der Waals surface area contributed by atoms with Gasteiger partial charge in [0.2, 0.25) is 0 Å². The SMILES string of the molecule is CCOC(=O)N1C2C=C(c3ccccc3)CC1CC2. The zero-order valence-electron chi connectivity index (χ0n) is 11.2. The Morgan fingerprint density at radius 3 is 2.79 bits per heavy atom. The van der Waals surface area contributed by atoms with Crippen LogP contribution in [0.1, 0.15) is 31.7 Å². The van der Waals surface area contributed by atoms with E-state index in [-0.39, 0.29) is 12.1 Å². The summed E-state index contributed by atoms with van der Waals surface area (Å²) in [5.74, 6) is 0. The van der Waals surface area contributed by atoms with E-state index < -0.39 is 0 Å². The molecule has 0 aliphatic carbocycles. The summed E-state index contributed by atoms with van der Waals surface area (Å²) in [6.45, 7) is 2.30. The highest BCUT2D eigenvalue weighted by atomic mass is 16.6. The van der Waals surface area contributed by atoms with Gasteiger partial charge in [0, 0.05) is 6.04 Å². The van der Waals surface area contributed by atoms with Crippen LogP contribution in [-0.4, -0.2) is 29.7 Å². The first-order chi connectivity index (χ1) is 9.29. The second-order valence-corrected chi connectivity index (χ2v) is 5.17. The first kappa shape index (κ1) is 12.3. The molecular formula is C16H19NO2. The summed E-state index contributed by atoms with van der Waals surface area (Å²) in [6.07, 6.45) is 5.17. The van der Waals surface area contributed by atoms with Crippen molar-refractivity contribution in [2.45, 2.75) is 38.3 Å². The van der Waals surface area contributed by atoms with Gasteiger partial charge in [0.15, 0.2) is 0 Å². The number of amides is 1. The zero-order valence-corrected chi connectivity index (χ0v) is 11.2. The van der Waals surface area contributed by atoms with E-state index in [9.17, 15) is 4.79 Å². The lowest BCUT2D eigenvalue weighted by atomic mass is 9.95. The fourth-order valence-electron chi connectivity index (χ4n) is 3.18. The number of fused-ring (bicyclic) bond motifs is 2. The molecule has 100 valence electrons. The molecule has 0 N–H and O–H groups in total. The highest BCUT2D eigenvalue weighted by Crippen LogP contribution is 2.38. The van der Waals surface area contributed by atoms with E-state index >= 15 is 0 Å². The van der Waals surface area contributed by atoms with Crippen LogP contribution in [0, 0.1) is 0 Å². The van der Waals surface area contributed by atoms with Crippen molar-refractivity contribution in [1.82, 2.24) is 4.90 Å². The summed E-state index contributed by atoms with van der Waals surface area (Å²) in [6, 6.07) is 11.0. The van der Waals surface area contributed by atoms with Gasteiger partial charge in [0.05, 0.1) is 12.6 Å². The van der Waals surface area contributed by atoms with Gasteiger partial charge in [-0.15, -0.1) is 0 Å². The van der Waals surface area contributed by atoms with E-state index in [0.717, 1.165) is 19.3 Å². The standard InChI is InChI=1S/C16H19NO2/c1-2-19-16(18)17-14-8-9-15(17)11-13(10-14)12-6-4-3-5-7-12/h3-7,10,14-15H,2,8-9,11H2,1H3. The molecule has 2 aliphatic heterocycles. The van der Waals surface area contributed by atoms with E-state index in [1.54, 1.807) is 0 Å². The van der Waals surface area contributed by atoms with Gasteiger partial charge in [0.1, 0.15) is 0 Å². The maximum absolute atomic E-state index is 12.0. The number of benzene rings is 1. The summed E-state index contributed by atoms with van der Waals surface area (Å²) in [5, 5.41) is 0. The molecule has 3 nitrogen and oxygen atoms in total. The molecule has 3 heteroatoms. The average Bonchev–Trinajstić information content (AvgIpc) is 2.71. The van der Waals surface area contributed by atoms with Crippen LogP contribution in [0.2, 0.25) is 0 Å². The molecule has 2 atom stereocenters. The topological polar surface area (TPSA) is 29.5 Å². The monoisotopic (exact) mass is 257 g/mol. The molecule has 1 saturated heterocycles. The molecule has 0 radical (unpaired) electrons. The Labute approximate surface area is 113 Å². The predicted molar refractivity (Wildman–Crippen MR) is 74.7 cm³/mol. The third-order valence-electron chi connectivity index (χ3n) is 4.02. The number of nitrogens with zero attached hydrogens (tertiary/aromatic N) is 1. The number of carbonyl (C=O) groups excluding carboxylic acids is 1. The summed E-state index contributed by atoms with van der Waals surface area (Å²) in [4.78, 5) is 13.9. The lowest BCUT2D eigenvalue weighted by molar-refractivity contribution is 0.0933. The van der Waals surface area contributed by atoms with Crippen molar-refractivity contribution in [1.29, 1.82) is 0 Å². The van der Waals surface area contributed by atoms with Gasteiger partial charge in [0.25, 0.3) is 0 Å². The maximum Gasteiger partial charge on any atom is 0.410 e. The van der Waals surface area contributed by atoms with E-state index in [2.05, 4.69) is 30.3 Å². The third-order valence-corrected chi connectivity index (χ3v) is 4.02. The van der Waals surface area contributed by atoms with E-state index in [1.807, 2.05) is 17.9 Å². The summed E-state index contributed by atoms with van der Waals surface area (Å²) >= 11 is 0. The Kier molecular flexibility index (Phi) is 3.28. The van der Waals surface area contributed by atoms with Crippen LogP contribution in [0.3, 0.4) is 0 Å². The molecular weight excluding hydrogens is 238 g/mol. The average molecular weight is 257 g/mol. The molecule has 1 fully saturated rings. The maximum atomic E-state index is 12.0. The van der Waals surface area contributed by atoms with Crippen LogP contribution in [0.4, 0.5) is 4.79 Å². The van der Waals surface area contributed by atoms with Gasteiger partial charge >= 0.3 is 6.09 Å². The molecule has 0 saturated carbocycles. The smallest absolute Gasteiger partial charge is 0.410 e. The Bertz CT molecular complexity index is 495. The van der Waals surface area contributed by atoms with Gasteiger partial charge in [-0.2, -0.15) is 0 Å². The number of carbonyl (C=O) groups is 1. The number of rotatable bonds is 2. The Morgan fingerprint density at radius 2 is 2.11 bits per heavy atom. The first-order valence-electron chi connectivity index (χ1n) is 7.01. The van der Waals surface area contributed by atoms with Gasteiger partial charge in [-0.05, 0) is 37.3 Å². The van der Waals surface area contributed by atoms with Gasteiger partial charge < -0.3 is 4.74 Å². The van der Waals surface area contributed by atoms with Gasteiger partial charge in [-0.25, -0.2) is 4.79 Å². The van der Waals surface area contributed by atoms with Crippen molar-refractivity contribution in [3.05, 3.63) is 42.0 Å². The summed E-state index contributed by atoms with van der Waals surface area (Å²) < 4.78 is 5.16. The molecule has 2 aliphatic rings. The van der Waals surface area contributed by atoms with Gasteiger partial charge in [-0.1, -0.05) is 36.4 Å². The molecule has 0 spiro atoms. The van der Waals surface area contributed by atoms with Crippen molar-refractivity contribution in [3.63, 3.8) is 0 Å². The van der Waals surface area contributed by atoms with Crippen LogP contribution in [0.25, 0.3) is 5.57 Å². The summed E-state index contributed by atoms with van der Waals surface area (Å²) in [7, 11) is 0. The Balaban J connectivity index is 1.83. The molecule has 2 heterocycles. The highest BCUT2D eigenvalue weighted by molar-refractivity contribution is 5.74. The molecule has 0 aromatic heterocycles. The van der Waals surface area contributed by atoms with E-state index in [4.69, 9.17) is 4.74 Å². The van der Waals surface area contributed by atoms with E-state index in [1.165, 1.54) is 11.1 Å². The van der Waals surface area contributed by atoms with Crippen LogP contribution >= 0.6 is 0 Å². The molecule has 2 bridgehead atoms. The van der Waals surface area contributed by atoms with Crippen molar-refractivity contribution in [3.8, 4) is 0 Å². The lowest BCUT2D eigenvalue weighted by Crippen LogP contribution is -2.43. The highest BCUT2D eigenvalue weighted by Gasteiger charge is 2.40. The van der Waals surface area contributed by atoms with Crippen molar-refractivity contribution in [2.75, 3.05) is 6.61 Å². The largest absolute Gasteiger partial charge is 0.450 e. The van der Waals surface area contributed by atoms with Crippen molar-refractivity contribution < 1.29 is 9.53 Å². The van der Waals surface area contributed by atoms with Gasteiger partial charge in [-0.3, -0.25) is 4.90 Å². The molecule has 19 heavy (non-hydrogen) atoms. The van der Waals surface area contributed by atoms with Crippen molar-refractivity contribution >= 4 is 11.7 Å². The molecule has 1 aromatic rings. The molecule has 1 amide bonds. The Hall–Kier alpha value is -1.77. The van der Waals surface area contributed by atoms with Crippen LogP contribution in [0.15, 0.2) is 36.4 Å². The molecule has 3 rings (SSSR count). The van der Waals surface area contributed by atoms with Crippen LogP contribution < -0.4 is 0 Å².